The molecule has 5 atom stereocenters. The van der Waals surface area contributed by atoms with E-state index in [1.165, 1.54) is 13.0 Å². The highest BCUT2D eigenvalue weighted by atomic mass is 19.2. The van der Waals surface area contributed by atoms with Crippen molar-refractivity contribution in [1.82, 2.24) is 9.78 Å². The summed E-state index contributed by atoms with van der Waals surface area (Å²) in [6.07, 6.45) is -4.27. The van der Waals surface area contributed by atoms with Crippen LogP contribution in [0.1, 0.15) is 64.5 Å². The predicted octanol–water partition coefficient (Wildman–Crippen LogP) is 9.35. The van der Waals surface area contributed by atoms with Gasteiger partial charge in [0.15, 0.2) is 17.7 Å². The van der Waals surface area contributed by atoms with Gasteiger partial charge in [-0.05, 0) is 61.1 Å². The summed E-state index contributed by atoms with van der Waals surface area (Å²) < 4.78 is 71.8. The van der Waals surface area contributed by atoms with E-state index in [9.17, 15) is 9.50 Å². The fourth-order valence-electron chi connectivity index (χ4n) is 7.36. The number of benzene rings is 5. The van der Waals surface area contributed by atoms with Gasteiger partial charge >= 0.3 is 5.97 Å². The van der Waals surface area contributed by atoms with Crippen LogP contribution in [-0.2, 0) is 56.5 Å². The normalized spacial score (nSPS) is 20.4. The molecule has 1 aliphatic heterocycles. The first-order valence-corrected chi connectivity index (χ1v) is 20.3. The number of ether oxygens (including phenoxy) is 6. The molecule has 60 heavy (non-hydrogen) atoms. The van der Waals surface area contributed by atoms with E-state index in [0.717, 1.165) is 22.3 Å². The van der Waals surface area contributed by atoms with Crippen molar-refractivity contribution in [3.8, 4) is 5.88 Å². The molecule has 7 rings (SSSR count). The van der Waals surface area contributed by atoms with E-state index < -0.39 is 42.0 Å². The van der Waals surface area contributed by atoms with Crippen LogP contribution in [0.3, 0.4) is 0 Å². The van der Waals surface area contributed by atoms with Crippen LogP contribution in [0.2, 0.25) is 0 Å². The molecule has 0 bridgehead atoms. The van der Waals surface area contributed by atoms with E-state index in [0.29, 0.717) is 11.3 Å². The minimum atomic E-state index is -2.57. The number of rotatable bonds is 18. The molecule has 1 aliphatic rings. The molecule has 5 aromatic carbocycles. The Morgan fingerprint density at radius 3 is 1.70 bits per heavy atom. The summed E-state index contributed by atoms with van der Waals surface area (Å²) in [6.45, 7) is 7.84. The topological polar surface area (TPSA) is 93.4 Å². The second-order valence-electron chi connectivity index (χ2n) is 15.4. The maximum atomic E-state index is 15.5. The largest absolute Gasteiger partial charge is 0.417 e. The van der Waals surface area contributed by atoms with Gasteiger partial charge < -0.3 is 33.5 Å². The number of hydrogen-bond acceptors (Lipinski definition) is 8. The number of aryl methyl sites for hydroxylation is 1. The van der Waals surface area contributed by atoms with Crippen molar-refractivity contribution in [3.05, 3.63) is 190 Å². The third-order valence-electron chi connectivity index (χ3n) is 10.6. The van der Waals surface area contributed by atoms with Gasteiger partial charge in [-0.3, -0.25) is 4.68 Å². The Hall–Kier alpha value is -5.27. The highest BCUT2D eigenvalue weighted by molar-refractivity contribution is 5.38. The zero-order valence-electron chi connectivity index (χ0n) is 34.4. The van der Waals surface area contributed by atoms with E-state index in [1.807, 2.05) is 142 Å². The van der Waals surface area contributed by atoms with Gasteiger partial charge in [0.25, 0.3) is 0 Å². The van der Waals surface area contributed by atoms with Gasteiger partial charge in [-0.25, -0.2) is 8.78 Å². The van der Waals surface area contributed by atoms with Gasteiger partial charge in [0, 0.05) is 23.7 Å². The minimum absolute atomic E-state index is 0.0310. The first-order valence-electron chi connectivity index (χ1n) is 20.3. The summed E-state index contributed by atoms with van der Waals surface area (Å²) in [5.41, 5.74) is 4.95. The van der Waals surface area contributed by atoms with Crippen molar-refractivity contribution < 1.29 is 42.3 Å². The molecule has 9 nitrogen and oxygen atoms in total. The smallest absolute Gasteiger partial charge is 0.356 e. The van der Waals surface area contributed by atoms with Crippen molar-refractivity contribution in [3.63, 3.8) is 0 Å². The van der Waals surface area contributed by atoms with Crippen LogP contribution < -0.4 is 4.74 Å². The summed E-state index contributed by atoms with van der Waals surface area (Å²) >= 11 is 0. The lowest BCUT2D eigenvalue weighted by Gasteiger charge is -2.49. The first kappa shape index (κ1) is 42.8. The van der Waals surface area contributed by atoms with Crippen LogP contribution in [0.15, 0.2) is 133 Å². The Morgan fingerprint density at radius 2 is 1.17 bits per heavy atom. The van der Waals surface area contributed by atoms with Gasteiger partial charge in [-0.1, -0.05) is 133 Å². The lowest BCUT2D eigenvalue weighted by Crippen LogP contribution is -2.69. The number of aliphatic hydroxyl groups is 1. The Balaban J connectivity index is 1.31. The summed E-state index contributed by atoms with van der Waals surface area (Å²) in [5.74, 6) is -4.49. The van der Waals surface area contributed by atoms with Crippen molar-refractivity contribution in [2.45, 2.75) is 97.0 Å². The predicted molar refractivity (Wildman–Crippen MR) is 223 cm³/mol. The molecule has 0 amide bonds. The molecule has 1 aromatic heterocycles. The monoisotopic (exact) mass is 818 g/mol. The Morgan fingerprint density at radius 1 is 0.667 bits per heavy atom. The van der Waals surface area contributed by atoms with Gasteiger partial charge in [-0.2, -0.15) is 0 Å². The molecule has 0 unspecified atom stereocenters. The molecule has 1 fully saturated rings. The van der Waals surface area contributed by atoms with Crippen LogP contribution >= 0.6 is 0 Å². The van der Waals surface area contributed by atoms with Gasteiger partial charge in [-0.15, -0.1) is 5.10 Å². The van der Waals surface area contributed by atoms with Crippen LogP contribution in [0.25, 0.3) is 0 Å². The number of nitrogens with zero attached hydrogens (tertiary/aromatic N) is 2. The van der Waals surface area contributed by atoms with E-state index >= 15 is 4.39 Å². The highest BCUT2D eigenvalue weighted by Gasteiger charge is 2.59. The molecule has 0 spiro atoms. The summed E-state index contributed by atoms with van der Waals surface area (Å²) in [7, 11) is 0. The van der Waals surface area contributed by atoms with Crippen LogP contribution in [0, 0.1) is 25.5 Å². The quantitative estimate of drug-likeness (QED) is 0.0859. The molecule has 1 N–H and O–H groups in total. The van der Waals surface area contributed by atoms with Gasteiger partial charge in [0.1, 0.15) is 18.3 Å². The zero-order chi connectivity index (χ0) is 42.1. The average Bonchev–Trinajstić information content (AvgIpc) is 3.57. The molecule has 0 radical (unpaired) electrons. The Labute approximate surface area is 350 Å². The Bertz CT molecular complexity index is 2260. The first-order chi connectivity index (χ1) is 29.1. The summed E-state index contributed by atoms with van der Waals surface area (Å²) in [4.78, 5) is 0. The SMILES string of the molecule is Cc1ccc(Cc2c(O[C@@]3(O)O[C@H](COCc4ccccc4)[C@@H](OCc4ccccc4)[C@H](OCc4ccccc4)[C@H]3OCc3ccccc3)nn(C(C)C)c2C)c(F)c1F. The fourth-order valence-corrected chi connectivity index (χ4v) is 7.36. The number of hydrogen-bond donors (Lipinski definition) is 1. The maximum Gasteiger partial charge on any atom is 0.356 e. The lowest BCUT2D eigenvalue weighted by molar-refractivity contribution is -0.436. The molecule has 314 valence electrons. The van der Waals surface area contributed by atoms with Crippen LogP contribution in [0.4, 0.5) is 8.78 Å². The minimum Gasteiger partial charge on any atom is -0.417 e. The molecule has 2 heterocycles. The van der Waals surface area contributed by atoms with Crippen molar-refractivity contribution in [2.75, 3.05) is 6.61 Å². The van der Waals surface area contributed by atoms with E-state index in [2.05, 4.69) is 0 Å². The molecular formula is C49H52F2N2O7. The molecule has 0 aliphatic carbocycles. The molecular weight excluding hydrogens is 767 g/mol. The van der Waals surface area contributed by atoms with E-state index in [-0.39, 0.29) is 62.5 Å². The second-order valence-corrected chi connectivity index (χ2v) is 15.4. The van der Waals surface area contributed by atoms with Crippen molar-refractivity contribution in [2.24, 2.45) is 0 Å². The van der Waals surface area contributed by atoms with E-state index in [1.54, 1.807) is 10.7 Å². The Kier molecular flexibility index (Phi) is 14.2. The van der Waals surface area contributed by atoms with Crippen LogP contribution in [-0.4, -0.2) is 51.9 Å². The lowest BCUT2D eigenvalue weighted by atomic mass is 9.96. The van der Waals surface area contributed by atoms with Crippen molar-refractivity contribution >= 4 is 0 Å². The van der Waals surface area contributed by atoms with Crippen molar-refractivity contribution in [1.29, 1.82) is 0 Å². The average molecular weight is 819 g/mol. The number of aromatic nitrogens is 2. The zero-order valence-corrected chi connectivity index (χ0v) is 34.4. The standard InChI is InChI=1S/C49H52F2N2O7/c1-33(2)53-35(4)41(27-40-26-25-34(3)43(50)44(40)51)48(52-53)60-49(54)47(58-31-39-23-15-8-16-24-39)46(57-30-38-21-13-7-14-22-38)45(56-29-37-19-11-6-12-20-37)42(59-49)32-55-28-36-17-9-5-10-18-36/h5-26,33,42,45-47,54H,27-32H2,1-4H3/t42-,45-,46+,47-,49+/m1/s1. The second kappa shape index (κ2) is 19.9. The van der Waals surface area contributed by atoms with Crippen LogP contribution in [0.5, 0.6) is 5.88 Å². The molecule has 1 saturated heterocycles. The number of halogens is 2. The third kappa shape index (κ3) is 10.4. The van der Waals surface area contributed by atoms with E-state index in [4.69, 9.17) is 33.5 Å². The third-order valence-corrected chi connectivity index (χ3v) is 10.6. The summed E-state index contributed by atoms with van der Waals surface area (Å²) in [5, 5.41) is 17.8. The molecule has 11 heteroatoms. The molecule has 6 aromatic rings. The highest BCUT2D eigenvalue weighted by Crippen LogP contribution is 2.39. The maximum absolute atomic E-state index is 15.5. The fraction of sp³-hybridized carbons (Fsp3) is 0.327. The molecule has 0 saturated carbocycles. The van der Waals surface area contributed by atoms with Gasteiger partial charge in [0.05, 0.1) is 33.0 Å². The van der Waals surface area contributed by atoms with Gasteiger partial charge in [0.2, 0.25) is 5.88 Å². The summed E-state index contributed by atoms with van der Waals surface area (Å²) in [6, 6.07) is 41.6.